The van der Waals surface area contributed by atoms with Gasteiger partial charge in [-0.05, 0) is 12.5 Å². The highest BCUT2D eigenvalue weighted by Crippen LogP contribution is 2.31. The first-order valence-corrected chi connectivity index (χ1v) is 11.4. The van der Waals surface area contributed by atoms with Crippen LogP contribution in [0.25, 0.3) is 0 Å². The first kappa shape index (κ1) is 28.1. The van der Waals surface area contributed by atoms with Gasteiger partial charge in [0.25, 0.3) is 0 Å². The van der Waals surface area contributed by atoms with E-state index in [0.29, 0.717) is 0 Å². The van der Waals surface area contributed by atoms with Crippen molar-refractivity contribution in [2.24, 2.45) is 0 Å². The fourth-order valence-corrected chi connectivity index (χ4v) is 4.23. The highest BCUT2D eigenvalue weighted by molar-refractivity contribution is 8.16. The molecule has 0 heterocycles. The second-order valence-electron chi connectivity index (χ2n) is 6.01. The molecule has 10 nitrogen and oxygen atoms in total. The van der Waals surface area contributed by atoms with Crippen molar-refractivity contribution in [3.63, 3.8) is 0 Å². The molecule has 0 spiro atoms. The summed E-state index contributed by atoms with van der Waals surface area (Å²) in [6.45, 7) is 5.20. The van der Waals surface area contributed by atoms with E-state index in [2.05, 4.69) is 0 Å². The van der Waals surface area contributed by atoms with Crippen LogP contribution < -0.4 is 0 Å². The lowest BCUT2D eigenvalue weighted by Gasteiger charge is -2.37. The molecule has 0 saturated carbocycles. The van der Waals surface area contributed by atoms with Crippen LogP contribution in [0.5, 0.6) is 0 Å². The summed E-state index contributed by atoms with van der Waals surface area (Å²) in [5.41, 5.74) is 0. The van der Waals surface area contributed by atoms with Gasteiger partial charge in [0.05, 0.1) is 4.58 Å². The summed E-state index contributed by atoms with van der Waals surface area (Å²) in [5, 5.41) is 0. The SMILES string of the molecule is CSC(SC)[C@@H](OC(C)=O)[C@@H](OC(C)=O)[C@@H](OC(C)=O)[C@@H](COC(C)=O)OC(C)=O. The van der Waals surface area contributed by atoms with Gasteiger partial charge in [-0.15, -0.1) is 23.5 Å². The van der Waals surface area contributed by atoms with E-state index in [-0.39, 0.29) is 0 Å². The van der Waals surface area contributed by atoms with Crippen LogP contribution in [-0.4, -0.2) is 78.0 Å². The third-order valence-electron chi connectivity index (χ3n) is 3.42. The Morgan fingerprint density at radius 1 is 0.600 bits per heavy atom. The average Bonchev–Trinajstić information content (AvgIpc) is 2.60. The van der Waals surface area contributed by atoms with Crippen molar-refractivity contribution in [2.75, 3.05) is 19.1 Å². The minimum absolute atomic E-state index is 0.428. The van der Waals surface area contributed by atoms with Crippen molar-refractivity contribution in [3.8, 4) is 0 Å². The molecule has 0 bridgehead atoms. The zero-order valence-electron chi connectivity index (χ0n) is 18.0. The molecule has 4 atom stereocenters. The second-order valence-corrected chi connectivity index (χ2v) is 8.27. The molecule has 172 valence electrons. The highest BCUT2D eigenvalue weighted by atomic mass is 32.2. The Kier molecular flexibility index (Phi) is 13.2. The maximum atomic E-state index is 11.8. The Morgan fingerprint density at radius 2 is 1.00 bits per heavy atom. The number of hydrogen-bond donors (Lipinski definition) is 0. The van der Waals surface area contributed by atoms with Crippen molar-refractivity contribution >= 4 is 53.4 Å². The third kappa shape index (κ3) is 10.7. The molecule has 0 fully saturated rings. The molecule has 0 aromatic rings. The highest BCUT2D eigenvalue weighted by Gasteiger charge is 2.46. The number of ether oxygens (including phenoxy) is 5. The summed E-state index contributed by atoms with van der Waals surface area (Å²) in [7, 11) is 0. The van der Waals surface area contributed by atoms with Gasteiger partial charge >= 0.3 is 29.8 Å². The zero-order valence-corrected chi connectivity index (χ0v) is 19.6. The predicted molar refractivity (Wildman–Crippen MR) is 110 cm³/mol. The maximum absolute atomic E-state index is 11.8. The monoisotopic (exact) mass is 468 g/mol. The lowest BCUT2D eigenvalue weighted by atomic mass is 10.0. The van der Waals surface area contributed by atoms with Gasteiger partial charge in [-0.3, -0.25) is 24.0 Å². The summed E-state index contributed by atoms with van der Waals surface area (Å²) < 4.78 is 25.8. The van der Waals surface area contributed by atoms with E-state index >= 15 is 0 Å². The van der Waals surface area contributed by atoms with E-state index in [0.717, 1.165) is 27.7 Å². The smallest absolute Gasteiger partial charge is 0.303 e. The van der Waals surface area contributed by atoms with Crippen molar-refractivity contribution in [1.29, 1.82) is 0 Å². The Balaban J connectivity index is 6.37. The number of esters is 5. The fraction of sp³-hybridized carbons (Fsp3) is 0.722. The molecule has 0 radical (unpaired) electrons. The quantitative estimate of drug-likeness (QED) is 0.232. The minimum Gasteiger partial charge on any atom is -0.462 e. The molecule has 0 N–H and O–H groups in total. The maximum Gasteiger partial charge on any atom is 0.303 e. The molecule has 0 aromatic carbocycles. The van der Waals surface area contributed by atoms with Crippen molar-refractivity contribution in [1.82, 2.24) is 0 Å². The van der Waals surface area contributed by atoms with E-state index in [4.69, 9.17) is 23.7 Å². The van der Waals surface area contributed by atoms with Gasteiger partial charge in [-0.25, -0.2) is 0 Å². The summed E-state index contributed by atoms with van der Waals surface area (Å²) in [5.74, 6) is -3.59. The van der Waals surface area contributed by atoms with E-state index < -0.39 is 65.5 Å². The van der Waals surface area contributed by atoms with Crippen LogP contribution in [0, 0.1) is 0 Å². The van der Waals surface area contributed by atoms with Gasteiger partial charge in [0.2, 0.25) is 0 Å². The molecular weight excluding hydrogens is 440 g/mol. The van der Waals surface area contributed by atoms with Crippen LogP contribution in [0.4, 0.5) is 0 Å². The first-order valence-electron chi connectivity index (χ1n) is 8.80. The van der Waals surface area contributed by atoms with Gasteiger partial charge in [0.15, 0.2) is 24.4 Å². The van der Waals surface area contributed by atoms with Gasteiger partial charge in [0, 0.05) is 34.6 Å². The Bertz CT molecular complexity index is 620. The molecule has 0 saturated heterocycles. The number of hydrogen-bond acceptors (Lipinski definition) is 12. The van der Waals surface area contributed by atoms with Gasteiger partial charge in [-0.1, -0.05) is 0 Å². The third-order valence-corrected chi connectivity index (χ3v) is 6.04. The average molecular weight is 469 g/mol. The van der Waals surface area contributed by atoms with Crippen LogP contribution in [0.15, 0.2) is 0 Å². The molecule has 12 heteroatoms. The van der Waals surface area contributed by atoms with Crippen molar-refractivity contribution < 1.29 is 47.7 Å². The molecular formula is C18H28O10S2. The van der Waals surface area contributed by atoms with E-state index in [1.54, 1.807) is 12.5 Å². The molecule has 0 aliphatic heterocycles. The molecule has 0 amide bonds. The minimum atomic E-state index is -1.42. The standard InChI is InChI=1S/C18H28O10S2/c1-9(19)24-8-14(25-10(2)20)15(26-11(3)21)16(27-12(4)22)17(28-13(5)23)18(29-6)30-7/h14-18H,8H2,1-7H3/t14-,15+,16+,17+/m1/s1. The summed E-state index contributed by atoms with van der Waals surface area (Å²) in [6.07, 6.45) is -1.64. The Labute approximate surface area is 184 Å². The Hall–Kier alpha value is -1.95. The summed E-state index contributed by atoms with van der Waals surface area (Å²) in [4.78, 5) is 58.3. The largest absolute Gasteiger partial charge is 0.462 e. The van der Waals surface area contributed by atoms with Gasteiger partial charge < -0.3 is 23.7 Å². The molecule has 0 unspecified atom stereocenters. The fourth-order valence-electron chi connectivity index (χ4n) is 2.50. The number of carbonyl (C=O) groups is 5. The van der Waals surface area contributed by atoms with Crippen LogP contribution in [-0.2, 0) is 47.7 Å². The summed E-state index contributed by atoms with van der Waals surface area (Å²) >= 11 is 2.63. The van der Waals surface area contributed by atoms with Crippen LogP contribution in [0.2, 0.25) is 0 Å². The van der Waals surface area contributed by atoms with Crippen LogP contribution in [0.1, 0.15) is 34.6 Å². The molecule has 0 aliphatic rings. The van der Waals surface area contributed by atoms with E-state index in [1.165, 1.54) is 30.4 Å². The second kappa shape index (κ2) is 14.1. The number of carbonyl (C=O) groups excluding carboxylic acids is 5. The molecule has 0 aliphatic carbocycles. The molecule has 0 aromatic heterocycles. The molecule has 30 heavy (non-hydrogen) atoms. The predicted octanol–water partition coefficient (Wildman–Crippen LogP) is 1.33. The topological polar surface area (TPSA) is 132 Å². The number of thioether (sulfide) groups is 2. The molecule has 0 rings (SSSR count). The van der Waals surface area contributed by atoms with Crippen molar-refractivity contribution in [2.45, 2.75) is 63.6 Å². The lowest BCUT2D eigenvalue weighted by molar-refractivity contribution is -0.201. The van der Waals surface area contributed by atoms with E-state index in [1.807, 2.05) is 0 Å². The summed E-state index contributed by atoms with van der Waals surface area (Å²) in [6, 6.07) is 0. The van der Waals surface area contributed by atoms with Crippen LogP contribution in [0.3, 0.4) is 0 Å². The Morgan fingerprint density at radius 3 is 1.37 bits per heavy atom. The van der Waals surface area contributed by atoms with Gasteiger partial charge in [-0.2, -0.15) is 0 Å². The van der Waals surface area contributed by atoms with E-state index in [9.17, 15) is 24.0 Å². The van der Waals surface area contributed by atoms with Crippen molar-refractivity contribution in [3.05, 3.63) is 0 Å². The van der Waals surface area contributed by atoms with Gasteiger partial charge in [0.1, 0.15) is 6.61 Å². The zero-order chi connectivity index (χ0) is 23.4. The number of rotatable bonds is 12. The normalized spacial score (nSPS) is 14.7. The first-order chi connectivity index (χ1) is 13.9. The van der Waals surface area contributed by atoms with Crippen LogP contribution >= 0.6 is 23.5 Å². The lowest BCUT2D eigenvalue weighted by Crippen LogP contribution is -2.55.